The molecule has 4 heteroatoms. The fraction of sp³-hybridized carbons (Fsp3) is 0.462. The van der Waals surface area contributed by atoms with Gasteiger partial charge in [-0.25, -0.2) is 4.39 Å². The van der Waals surface area contributed by atoms with Crippen molar-refractivity contribution >= 4 is 18.5 Å². The van der Waals surface area contributed by atoms with E-state index < -0.39 is 0 Å². The molecule has 1 amide bonds. The molecule has 2 nitrogen and oxygen atoms in total. The fourth-order valence-electron chi connectivity index (χ4n) is 1.51. The monoisotopic (exact) mass is 255 g/mol. The van der Waals surface area contributed by atoms with Crippen molar-refractivity contribution in [2.75, 3.05) is 0 Å². The molecular weight excluding hydrogens is 237 g/mol. The fourth-order valence-corrected chi connectivity index (χ4v) is 1.58. The predicted molar refractivity (Wildman–Crippen MR) is 70.6 cm³/mol. The van der Waals surface area contributed by atoms with E-state index in [1.165, 1.54) is 6.07 Å². The molecule has 2 atom stereocenters. The van der Waals surface area contributed by atoms with Crippen molar-refractivity contribution in [2.45, 2.75) is 32.1 Å². The minimum atomic E-state index is -0.371. The average Bonchev–Trinajstić information content (AvgIpc) is 2.28. The van der Waals surface area contributed by atoms with E-state index in [0.717, 1.165) is 0 Å². The van der Waals surface area contributed by atoms with Crippen LogP contribution in [0.25, 0.3) is 0 Å². The lowest BCUT2D eigenvalue weighted by Crippen LogP contribution is -2.36. The lowest BCUT2D eigenvalue weighted by molar-refractivity contribution is -0.121. The summed E-state index contributed by atoms with van der Waals surface area (Å²) in [5, 5.41) is 2.39. The number of rotatable bonds is 4. The van der Waals surface area contributed by atoms with E-state index in [-0.39, 0.29) is 28.9 Å². The second-order valence-corrected chi connectivity index (χ2v) is 5.00. The van der Waals surface area contributed by atoms with Crippen LogP contribution in [-0.2, 0) is 4.79 Å². The molecule has 0 saturated heterocycles. The maximum atomic E-state index is 13.5. The molecule has 1 rings (SSSR count). The zero-order valence-corrected chi connectivity index (χ0v) is 11.2. The summed E-state index contributed by atoms with van der Waals surface area (Å²) in [6.45, 7) is 5.60. The molecule has 0 aliphatic carbocycles. The molecule has 0 saturated carbocycles. The summed E-state index contributed by atoms with van der Waals surface area (Å²) in [6, 6.07) is 6.09. The Balaban J connectivity index is 2.70. The summed E-state index contributed by atoms with van der Waals surface area (Å²) in [5.74, 6) is -0.328. The largest absolute Gasteiger partial charge is 0.349 e. The van der Waals surface area contributed by atoms with Crippen molar-refractivity contribution in [3.8, 4) is 0 Å². The molecule has 1 N–H and O–H groups in total. The molecule has 0 fully saturated rings. The normalized spacial score (nSPS) is 14.5. The van der Waals surface area contributed by atoms with Crippen LogP contribution >= 0.6 is 12.6 Å². The van der Waals surface area contributed by atoms with Crippen LogP contribution < -0.4 is 5.32 Å². The van der Waals surface area contributed by atoms with Crippen molar-refractivity contribution in [1.82, 2.24) is 5.32 Å². The Kier molecular flexibility index (Phi) is 5.00. The van der Waals surface area contributed by atoms with Crippen LogP contribution in [-0.4, -0.2) is 11.2 Å². The minimum Gasteiger partial charge on any atom is -0.349 e. The Hall–Kier alpha value is -1.03. The number of halogens is 1. The van der Waals surface area contributed by atoms with E-state index in [4.69, 9.17) is 0 Å². The average molecular weight is 255 g/mol. The standard InChI is InChI=1S/C13H18FNOS/c1-8(2)12(17)13(16)15-9(3)10-6-4-5-7-11(10)14/h4-9,12,17H,1-3H3,(H,15,16). The highest BCUT2D eigenvalue weighted by Gasteiger charge is 2.20. The third-order valence-corrected chi connectivity index (χ3v) is 3.46. The number of benzene rings is 1. The van der Waals surface area contributed by atoms with E-state index >= 15 is 0 Å². The van der Waals surface area contributed by atoms with Crippen LogP contribution in [0.15, 0.2) is 24.3 Å². The molecule has 0 heterocycles. The quantitative estimate of drug-likeness (QED) is 0.796. The third-order valence-electron chi connectivity index (χ3n) is 2.63. The maximum absolute atomic E-state index is 13.5. The molecule has 0 bridgehead atoms. The molecule has 17 heavy (non-hydrogen) atoms. The van der Waals surface area contributed by atoms with Gasteiger partial charge in [0.05, 0.1) is 11.3 Å². The second kappa shape index (κ2) is 6.05. The Morgan fingerprint density at radius 3 is 2.41 bits per heavy atom. The Morgan fingerprint density at radius 1 is 1.29 bits per heavy atom. The Labute approximate surface area is 107 Å². The van der Waals surface area contributed by atoms with Crippen LogP contribution in [0.4, 0.5) is 4.39 Å². The van der Waals surface area contributed by atoms with Gasteiger partial charge in [0, 0.05) is 5.56 Å². The zero-order valence-electron chi connectivity index (χ0n) is 10.3. The number of thiol groups is 1. The molecule has 0 radical (unpaired) electrons. The van der Waals surface area contributed by atoms with Crippen molar-refractivity contribution in [3.63, 3.8) is 0 Å². The summed E-state index contributed by atoms with van der Waals surface area (Å²) >= 11 is 4.23. The van der Waals surface area contributed by atoms with Gasteiger partial charge in [0.15, 0.2) is 0 Å². The number of carbonyl (C=O) groups excluding carboxylic acids is 1. The van der Waals surface area contributed by atoms with Gasteiger partial charge < -0.3 is 5.32 Å². The van der Waals surface area contributed by atoms with Crippen molar-refractivity contribution < 1.29 is 9.18 Å². The van der Waals surface area contributed by atoms with E-state index in [2.05, 4.69) is 17.9 Å². The maximum Gasteiger partial charge on any atom is 0.233 e. The van der Waals surface area contributed by atoms with Gasteiger partial charge in [-0.15, -0.1) is 0 Å². The molecule has 0 aliphatic rings. The molecular formula is C13H18FNOS. The lowest BCUT2D eigenvalue weighted by atomic mass is 10.1. The van der Waals surface area contributed by atoms with Gasteiger partial charge in [-0.3, -0.25) is 4.79 Å². The first-order valence-corrected chi connectivity index (χ1v) is 6.18. The molecule has 0 aromatic heterocycles. The molecule has 0 spiro atoms. The minimum absolute atomic E-state index is 0.145. The second-order valence-electron chi connectivity index (χ2n) is 4.44. The number of nitrogens with one attached hydrogen (secondary N) is 1. The molecule has 2 unspecified atom stereocenters. The van der Waals surface area contributed by atoms with Crippen molar-refractivity contribution in [3.05, 3.63) is 35.6 Å². The summed E-state index contributed by atoms with van der Waals surface area (Å²) in [7, 11) is 0. The Bertz CT molecular complexity index is 395. The van der Waals surface area contributed by atoms with E-state index in [9.17, 15) is 9.18 Å². The summed E-state index contributed by atoms with van der Waals surface area (Å²) in [4.78, 5) is 11.8. The van der Waals surface area contributed by atoms with Gasteiger partial charge in [0.25, 0.3) is 0 Å². The van der Waals surface area contributed by atoms with Gasteiger partial charge in [-0.05, 0) is 18.9 Å². The highest BCUT2D eigenvalue weighted by atomic mass is 32.1. The number of amides is 1. The SMILES string of the molecule is CC(NC(=O)C(S)C(C)C)c1ccccc1F. The zero-order chi connectivity index (χ0) is 13.0. The van der Waals surface area contributed by atoms with Crippen LogP contribution in [0.1, 0.15) is 32.4 Å². The third kappa shape index (κ3) is 3.73. The first-order chi connectivity index (χ1) is 7.93. The van der Waals surface area contributed by atoms with Gasteiger partial charge in [-0.2, -0.15) is 12.6 Å². The van der Waals surface area contributed by atoms with E-state index in [0.29, 0.717) is 5.56 Å². The van der Waals surface area contributed by atoms with Crippen LogP contribution in [0.3, 0.4) is 0 Å². The summed E-state index contributed by atoms with van der Waals surface area (Å²) in [6.07, 6.45) is 0. The van der Waals surface area contributed by atoms with Crippen LogP contribution in [0.5, 0.6) is 0 Å². The molecule has 1 aromatic carbocycles. The topological polar surface area (TPSA) is 29.1 Å². The van der Waals surface area contributed by atoms with Crippen LogP contribution in [0, 0.1) is 11.7 Å². The molecule has 0 aliphatic heterocycles. The predicted octanol–water partition coefficient (Wildman–Crippen LogP) is 2.96. The van der Waals surface area contributed by atoms with Crippen molar-refractivity contribution in [1.29, 1.82) is 0 Å². The first-order valence-electron chi connectivity index (χ1n) is 5.66. The van der Waals surface area contributed by atoms with Gasteiger partial charge in [-0.1, -0.05) is 32.0 Å². The summed E-state index contributed by atoms with van der Waals surface area (Å²) in [5.41, 5.74) is 0.491. The summed E-state index contributed by atoms with van der Waals surface area (Å²) < 4.78 is 13.5. The smallest absolute Gasteiger partial charge is 0.233 e. The number of hydrogen-bond acceptors (Lipinski definition) is 2. The molecule has 1 aromatic rings. The van der Waals surface area contributed by atoms with Gasteiger partial charge in [0.2, 0.25) is 5.91 Å². The number of carbonyl (C=O) groups is 1. The first kappa shape index (κ1) is 14.0. The number of hydrogen-bond donors (Lipinski definition) is 2. The van der Waals surface area contributed by atoms with Gasteiger partial charge >= 0.3 is 0 Å². The Morgan fingerprint density at radius 2 is 1.88 bits per heavy atom. The van der Waals surface area contributed by atoms with E-state index in [1.807, 2.05) is 13.8 Å². The molecule has 94 valence electrons. The lowest BCUT2D eigenvalue weighted by Gasteiger charge is -2.19. The van der Waals surface area contributed by atoms with Gasteiger partial charge in [0.1, 0.15) is 5.82 Å². The highest BCUT2D eigenvalue weighted by molar-refractivity contribution is 7.81. The van der Waals surface area contributed by atoms with Crippen LogP contribution in [0.2, 0.25) is 0 Å². The highest BCUT2D eigenvalue weighted by Crippen LogP contribution is 2.17. The van der Waals surface area contributed by atoms with E-state index in [1.54, 1.807) is 25.1 Å². The van der Waals surface area contributed by atoms with Crippen molar-refractivity contribution in [2.24, 2.45) is 5.92 Å².